The maximum Gasteiger partial charge on any atom is 0.196 e. The molecule has 5 atom stereocenters. The molecule has 80 valence electrons. The van der Waals surface area contributed by atoms with Gasteiger partial charge in [0.05, 0.1) is 6.61 Å². The average molecular weight is 198 g/mol. The van der Waals surface area contributed by atoms with Crippen molar-refractivity contribution in [2.24, 2.45) is 23.7 Å². The predicted octanol–water partition coefficient (Wildman–Crippen LogP) is 1.97. The van der Waals surface area contributed by atoms with E-state index in [0.29, 0.717) is 12.0 Å². The van der Waals surface area contributed by atoms with E-state index in [-0.39, 0.29) is 6.29 Å². The van der Waals surface area contributed by atoms with Crippen molar-refractivity contribution in [3.63, 3.8) is 0 Å². The first-order valence-corrected chi connectivity index (χ1v) is 5.71. The molecule has 3 nitrogen and oxygen atoms in total. The second-order valence-electron chi connectivity index (χ2n) is 5.14. The fraction of sp³-hybridized carbons (Fsp3) is 1.00. The summed E-state index contributed by atoms with van der Waals surface area (Å²) in [7, 11) is 0. The number of hydrogen-bond donors (Lipinski definition) is 0. The van der Waals surface area contributed by atoms with Crippen LogP contribution in [-0.4, -0.2) is 19.0 Å². The van der Waals surface area contributed by atoms with Gasteiger partial charge in [-0.25, -0.2) is 9.78 Å². The smallest absolute Gasteiger partial charge is 0.196 e. The standard InChI is InChI=1S/C11H18O3/c1-6(2)8-5-9-10-7(8)3-4-12-11(10)14-13-9/h6-11H,3-5H2,1-2H3/t7-,8?,9?,10?,11+/m0/s1. The Morgan fingerprint density at radius 2 is 2.07 bits per heavy atom. The number of ether oxygens (including phenoxy) is 1. The van der Waals surface area contributed by atoms with E-state index in [1.165, 1.54) is 6.42 Å². The molecule has 0 bridgehead atoms. The molecule has 2 saturated heterocycles. The second-order valence-corrected chi connectivity index (χ2v) is 5.14. The monoisotopic (exact) mass is 198 g/mol. The normalized spacial score (nSPS) is 51.2. The minimum atomic E-state index is -0.0671. The molecule has 0 aromatic rings. The molecule has 0 amide bonds. The van der Waals surface area contributed by atoms with Crippen molar-refractivity contribution in [3.8, 4) is 0 Å². The largest absolute Gasteiger partial charge is 0.349 e. The van der Waals surface area contributed by atoms with E-state index in [0.717, 1.165) is 30.8 Å². The molecule has 3 fully saturated rings. The van der Waals surface area contributed by atoms with E-state index in [9.17, 15) is 0 Å². The van der Waals surface area contributed by atoms with Crippen molar-refractivity contribution in [3.05, 3.63) is 0 Å². The van der Waals surface area contributed by atoms with Crippen molar-refractivity contribution in [2.75, 3.05) is 6.61 Å². The molecule has 1 saturated carbocycles. The first-order valence-electron chi connectivity index (χ1n) is 5.71. The highest BCUT2D eigenvalue weighted by molar-refractivity contribution is 4.97. The topological polar surface area (TPSA) is 27.7 Å². The third-order valence-corrected chi connectivity index (χ3v) is 4.16. The Morgan fingerprint density at radius 3 is 2.86 bits per heavy atom. The highest BCUT2D eigenvalue weighted by Crippen LogP contribution is 2.51. The fourth-order valence-corrected chi connectivity index (χ4v) is 3.46. The van der Waals surface area contributed by atoms with Gasteiger partial charge in [0.1, 0.15) is 6.10 Å². The van der Waals surface area contributed by atoms with Crippen LogP contribution in [0.4, 0.5) is 0 Å². The zero-order chi connectivity index (χ0) is 9.71. The van der Waals surface area contributed by atoms with Crippen LogP contribution >= 0.6 is 0 Å². The summed E-state index contributed by atoms with van der Waals surface area (Å²) in [6.45, 7) is 5.47. The molecule has 2 aliphatic heterocycles. The summed E-state index contributed by atoms with van der Waals surface area (Å²) in [5, 5.41) is 0. The fourth-order valence-electron chi connectivity index (χ4n) is 3.46. The van der Waals surface area contributed by atoms with E-state index < -0.39 is 0 Å². The van der Waals surface area contributed by atoms with E-state index in [1.54, 1.807) is 0 Å². The van der Waals surface area contributed by atoms with E-state index in [1.807, 2.05) is 0 Å². The molecular weight excluding hydrogens is 180 g/mol. The van der Waals surface area contributed by atoms with E-state index >= 15 is 0 Å². The lowest BCUT2D eigenvalue weighted by Crippen LogP contribution is -2.36. The minimum Gasteiger partial charge on any atom is -0.349 e. The molecule has 3 rings (SSSR count). The van der Waals surface area contributed by atoms with Gasteiger partial charge in [0.2, 0.25) is 0 Å². The molecule has 3 unspecified atom stereocenters. The van der Waals surface area contributed by atoms with Gasteiger partial charge < -0.3 is 4.74 Å². The molecule has 0 radical (unpaired) electrons. The molecule has 0 aromatic heterocycles. The summed E-state index contributed by atoms with van der Waals surface area (Å²) in [6, 6.07) is 0. The van der Waals surface area contributed by atoms with Crippen LogP contribution < -0.4 is 0 Å². The summed E-state index contributed by atoms with van der Waals surface area (Å²) < 4.78 is 5.56. The lowest BCUT2D eigenvalue weighted by Gasteiger charge is -2.32. The van der Waals surface area contributed by atoms with E-state index in [2.05, 4.69) is 13.8 Å². The zero-order valence-corrected chi connectivity index (χ0v) is 8.81. The van der Waals surface area contributed by atoms with Crippen LogP contribution in [0.2, 0.25) is 0 Å². The lowest BCUT2D eigenvalue weighted by molar-refractivity contribution is -0.351. The van der Waals surface area contributed by atoms with Crippen LogP contribution in [0.5, 0.6) is 0 Å². The number of rotatable bonds is 1. The predicted molar refractivity (Wildman–Crippen MR) is 50.2 cm³/mol. The molecule has 14 heavy (non-hydrogen) atoms. The third kappa shape index (κ3) is 1.16. The van der Waals surface area contributed by atoms with Crippen LogP contribution in [0.1, 0.15) is 26.7 Å². The molecule has 0 N–H and O–H groups in total. The van der Waals surface area contributed by atoms with Crippen molar-refractivity contribution >= 4 is 0 Å². The minimum absolute atomic E-state index is 0.0671. The molecule has 1 aliphatic carbocycles. The molecule has 3 heteroatoms. The summed E-state index contributed by atoms with van der Waals surface area (Å²) in [5.74, 6) is 2.84. The SMILES string of the molecule is CC(C)C1CC2OO[C@H]3OCC[C@@H]1C23. The first kappa shape index (κ1) is 9.13. The third-order valence-electron chi connectivity index (χ3n) is 4.16. The lowest BCUT2D eigenvalue weighted by atomic mass is 9.79. The molecule has 0 spiro atoms. The Balaban J connectivity index is 1.84. The van der Waals surface area contributed by atoms with Gasteiger partial charge in [0.25, 0.3) is 0 Å². The van der Waals surface area contributed by atoms with Crippen LogP contribution in [0, 0.1) is 23.7 Å². The Kier molecular flexibility index (Phi) is 2.08. The maximum atomic E-state index is 5.56. The summed E-state index contributed by atoms with van der Waals surface area (Å²) in [6.07, 6.45) is 2.58. The second kappa shape index (κ2) is 3.19. The Labute approximate surface area is 84.6 Å². The molecule has 2 heterocycles. The van der Waals surface area contributed by atoms with Gasteiger partial charge in [-0.15, -0.1) is 0 Å². The van der Waals surface area contributed by atoms with Crippen molar-refractivity contribution in [1.82, 2.24) is 0 Å². The zero-order valence-electron chi connectivity index (χ0n) is 8.81. The van der Waals surface area contributed by atoms with Gasteiger partial charge in [-0.2, -0.15) is 0 Å². The Morgan fingerprint density at radius 1 is 1.21 bits per heavy atom. The average Bonchev–Trinajstić information content (AvgIpc) is 2.72. The van der Waals surface area contributed by atoms with Crippen LogP contribution in [-0.2, 0) is 14.5 Å². The van der Waals surface area contributed by atoms with Gasteiger partial charge >= 0.3 is 0 Å². The Hall–Kier alpha value is -0.120. The first-order chi connectivity index (χ1) is 6.77. The highest BCUT2D eigenvalue weighted by Gasteiger charge is 2.55. The Bertz CT molecular complexity index is 227. The van der Waals surface area contributed by atoms with Crippen molar-refractivity contribution in [2.45, 2.75) is 39.1 Å². The summed E-state index contributed by atoms with van der Waals surface area (Å²) in [4.78, 5) is 10.5. The van der Waals surface area contributed by atoms with Crippen LogP contribution in [0.3, 0.4) is 0 Å². The van der Waals surface area contributed by atoms with E-state index in [4.69, 9.17) is 14.5 Å². The summed E-state index contributed by atoms with van der Waals surface area (Å²) in [5.41, 5.74) is 0. The summed E-state index contributed by atoms with van der Waals surface area (Å²) >= 11 is 0. The van der Waals surface area contributed by atoms with Crippen molar-refractivity contribution < 1.29 is 14.5 Å². The molecule has 3 aliphatic rings. The van der Waals surface area contributed by atoms with Crippen molar-refractivity contribution in [1.29, 1.82) is 0 Å². The van der Waals surface area contributed by atoms with Crippen LogP contribution in [0.15, 0.2) is 0 Å². The maximum absolute atomic E-state index is 5.56. The molecule has 0 aromatic carbocycles. The van der Waals surface area contributed by atoms with Crippen LogP contribution in [0.25, 0.3) is 0 Å². The van der Waals surface area contributed by atoms with Gasteiger partial charge in [-0.1, -0.05) is 13.8 Å². The van der Waals surface area contributed by atoms with Gasteiger partial charge in [-0.3, -0.25) is 0 Å². The number of hydrogen-bond acceptors (Lipinski definition) is 3. The molecular formula is C11H18O3. The van der Waals surface area contributed by atoms with Gasteiger partial charge in [0, 0.05) is 5.92 Å². The quantitative estimate of drug-likeness (QED) is 0.603. The van der Waals surface area contributed by atoms with Gasteiger partial charge in [0.15, 0.2) is 6.29 Å². The van der Waals surface area contributed by atoms with Gasteiger partial charge in [-0.05, 0) is 30.6 Å². The highest BCUT2D eigenvalue weighted by atomic mass is 17.2.